The minimum absolute atomic E-state index is 0.0949. The molecule has 42 heavy (non-hydrogen) atoms. The third-order valence-electron chi connectivity index (χ3n) is 7.87. The standard InChI is InChI=1S/C38H28N2O2/c1-25-13-17-27(18-14-25)33-23-37(41)31-22-36-32(21-35(31)39(33)29-9-5-3-6-10-29)38(42)24-34(28-19-15-26(2)16-20-28)40(36)30-11-7-4-8-12-30/h3-24H,1-2H3. The highest BCUT2D eigenvalue weighted by atomic mass is 16.1. The third kappa shape index (κ3) is 4.34. The molecule has 0 aliphatic heterocycles. The molecule has 0 amide bonds. The molecule has 0 radical (unpaired) electrons. The second kappa shape index (κ2) is 10.2. The summed E-state index contributed by atoms with van der Waals surface area (Å²) in [5, 5.41) is 1.10. The summed E-state index contributed by atoms with van der Waals surface area (Å²) in [5.41, 5.74) is 8.72. The van der Waals surface area contributed by atoms with E-state index in [0.717, 1.165) is 45.0 Å². The average molecular weight is 545 g/mol. The number of hydrogen-bond donors (Lipinski definition) is 0. The molecule has 202 valence electrons. The minimum Gasteiger partial charge on any atom is -0.309 e. The van der Waals surface area contributed by atoms with Crippen molar-refractivity contribution in [3.63, 3.8) is 0 Å². The maximum absolute atomic E-state index is 13.9. The Labute approximate surface area is 243 Å². The number of hydrogen-bond acceptors (Lipinski definition) is 2. The van der Waals surface area contributed by atoms with E-state index >= 15 is 0 Å². The van der Waals surface area contributed by atoms with Crippen LogP contribution < -0.4 is 10.9 Å². The second-order valence-corrected chi connectivity index (χ2v) is 10.7. The summed E-state index contributed by atoms with van der Waals surface area (Å²) in [5.74, 6) is 0. The van der Waals surface area contributed by atoms with Crippen molar-refractivity contribution < 1.29 is 0 Å². The van der Waals surface area contributed by atoms with E-state index in [2.05, 4.69) is 9.13 Å². The van der Waals surface area contributed by atoms with Crippen molar-refractivity contribution in [2.75, 3.05) is 0 Å². The first-order valence-electron chi connectivity index (χ1n) is 14.0. The van der Waals surface area contributed by atoms with Crippen LogP contribution in [-0.4, -0.2) is 9.13 Å². The third-order valence-corrected chi connectivity index (χ3v) is 7.87. The summed E-state index contributed by atoms with van der Waals surface area (Å²) in [7, 11) is 0. The first-order valence-corrected chi connectivity index (χ1v) is 14.0. The number of benzene rings is 5. The van der Waals surface area contributed by atoms with E-state index < -0.39 is 0 Å². The Morgan fingerprint density at radius 2 is 0.786 bits per heavy atom. The number of nitrogens with zero attached hydrogens (tertiary/aromatic N) is 2. The molecule has 7 aromatic rings. The maximum atomic E-state index is 13.9. The Morgan fingerprint density at radius 3 is 1.14 bits per heavy atom. The number of para-hydroxylation sites is 2. The SMILES string of the molecule is Cc1ccc(-c2cc(=O)c3cc4c(cc3n2-c2ccccc2)c(=O)cc(-c2ccc(C)cc2)n4-c2ccccc2)cc1. The lowest BCUT2D eigenvalue weighted by molar-refractivity contribution is 1.09. The summed E-state index contributed by atoms with van der Waals surface area (Å²) in [6, 6.07) is 43.5. The molecule has 0 saturated heterocycles. The Bertz CT molecular complexity index is 2050. The fraction of sp³-hybridized carbons (Fsp3) is 0.0526. The second-order valence-electron chi connectivity index (χ2n) is 10.7. The molecular weight excluding hydrogens is 516 g/mol. The molecule has 5 aromatic carbocycles. The highest BCUT2D eigenvalue weighted by Crippen LogP contribution is 2.32. The number of aryl methyl sites for hydroxylation is 2. The van der Waals surface area contributed by atoms with Gasteiger partial charge in [-0.15, -0.1) is 0 Å². The number of aromatic nitrogens is 2. The van der Waals surface area contributed by atoms with Crippen molar-refractivity contribution in [2.45, 2.75) is 13.8 Å². The summed E-state index contributed by atoms with van der Waals surface area (Å²) >= 11 is 0. The van der Waals surface area contributed by atoms with Crippen LogP contribution in [0.2, 0.25) is 0 Å². The van der Waals surface area contributed by atoms with Crippen LogP contribution in [0.3, 0.4) is 0 Å². The van der Waals surface area contributed by atoms with Gasteiger partial charge in [-0.1, -0.05) is 96.1 Å². The van der Waals surface area contributed by atoms with Gasteiger partial charge in [0.25, 0.3) is 0 Å². The smallest absolute Gasteiger partial charge is 0.190 e. The number of pyridine rings is 2. The van der Waals surface area contributed by atoms with Gasteiger partial charge < -0.3 is 9.13 Å². The first-order chi connectivity index (χ1) is 20.5. The van der Waals surface area contributed by atoms with Crippen LogP contribution in [-0.2, 0) is 0 Å². The first kappa shape index (κ1) is 25.5. The predicted octanol–water partition coefficient (Wildman–Crippen LogP) is 8.25. The fourth-order valence-corrected chi connectivity index (χ4v) is 5.72. The summed E-state index contributed by atoms with van der Waals surface area (Å²) in [4.78, 5) is 27.8. The molecular formula is C38H28N2O2. The summed E-state index contributed by atoms with van der Waals surface area (Å²) < 4.78 is 4.17. The average Bonchev–Trinajstić information content (AvgIpc) is 3.02. The lowest BCUT2D eigenvalue weighted by atomic mass is 10.0. The van der Waals surface area contributed by atoms with E-state index in [9.17, 15) is 9.59 Å². The van der Waals surface area contributed by atoms with Crippen molar-refractivity contribution >= 4 is 21.8 Å². The van der Waals surface area contributed by atoms with E-state index in [1.165, 1.54) is 0 Å². The van der Waals surface area contributed by atoms with Gasteiger partial charge in [0, 0.05) is 34.3 Å². The van der Waals surface area contributed by atoms with Crippen molar-refractivity contribution in [1.82, 2.24) is 9.13 Å². The van der Waals surface area contributed by atoms with Gasteiger partial charge in [-0.2, -0.15) is 0 Å². The normalized spacial score (nSPS) is 11.3. The van der Waals surface area contributed by atoms with Crippen LogP contribution >= 0.6 is 0 Å². The molecule has 0 aliphatic rings. The van der Waals surface area contributed by atoms with E-state index in [-0.39, 0.29) is 10.9 Å². The van der Waals surface area contributed by atoms with E-state index in [1.807, 2.05) is 135 Å². The summed E-state index contributed by atoms with van der Waals surface area (Å²) in [6.07, 6.45) is 0. The van der Waals surface area contributed by atoms with Gasteiger partial charge in [-0.25, -0.2) is 0 Å². The van der Waals surface area contributed by atoms with Gasteiger partial charge in [0.15, 0.2) is 10.9 Å². The Balaban J connectivity index is 1.63. The molecule has 2 heterocycles. The maximum Gasteiger partial charge on any atom is 0.190 e. The van der Waals surface area contributed by atoms with Gasteiger partial charge in [-0.05, 0) is 61.4 Å². The van der Waals surface area contributed by atoms with E-state index in [4.69, 9.17) is 0 Å². The molecule has 0 saturated carbocycles. The molecule has 0 fully saturated rings. The fourth-order valence-electron chi connectivity index (χ4n) is 5.72. The minimum atomic E-state index is -0.0949. The largest absolute Gasteiger partial charge is 0.309 e. The van der Waals surface area contributed by atoms with Crippen LogP contribution in [0, 0.1) is 13.8 Å². The zero-order valence-corrected chi connectivity index (χ0v) is 23.4. The molecule has 7 rings (SSSR count). The van der Waals surface area contributed by atoms with Gasteiger partial charge in [-0.3, -0.25) is 9.59 Å². The molecule has 0 spiro atoms. The zero-order valence-electron chi connectivity index (χ0n) is 23.4. The van der Waals surface area contributed by atoms with Crippen LogP contribution in [0.5, 0.6) is 0 Å². The molecule has 0 atom stereocenters. The molecule has 4 heteroatoms. The molecule has 0 N–H and O–H groups in total. The molecule has 0 aliphatic carbocycles. The quantitative estimate of drug-likeness (QED) is 0.210. The monoisotopic (exact) mass is 544 g/mol. The zero-order chi connectivity index (χ0) is 28.8. The van der Waals surface area contributed by atoms with Crippen LogP contribution in [0.15, 0.2) is 143 Å². The molecule has 2 aromatic heterocycles. The van der Waals surface area contributed by atoms with Crippen LogP contribution in [0.4, 0.5) is 0 Å². The van der Waals surface area contributed by atoms with Crippen LogP contribution in [0.25, 0.3) is 55.7 Å². The van der Waals surface area contributed by atoms with Crippen molar-refractivity contribution in [3.05, 3.63) is 165 Å². The topological polar surface area (TPSA) is 44.0 Å². The van der Waals surface area contributed by atoms with Crippen molar-refractivity contribution in [1.29, 1.82) is 0 Å². The van der Waals surface area contributed by atoms with Crippen molar-refractivity contribution in [2.24, 2.45) is 0 Å². The summed E-state index contributed by atoms with van der Waals surface area (Å²) in [6.45, 7) is 4.09. The number of rotatable bonds is 4. The van der Waals surface area contributed by atoms with Gasteiger partial charge >= 0.3 is 0 Å². The lowest BCUT2D eigenvalue weighted by Crippen LogP contribution is -2.15. The molecule has 0 bridgehead atoms. The Kier molecular flexibility index (Phi) is 6.17. The van der Waals surface area contributed by atoms with E-state index in [1.54, 1.807) is 12.1 Å². The molecule has 4 nitrogen and oxygen atoms in total. The highest BCUT2D eigenvalue weighted by Gasteiger charge is 2.18. The Hall–Kier alpha value is -5.48. The van der Waals surface area contributed by atoms with E-state index in [0.29, 0.717) is 21.8 Å². The van der Waals surface area contributed by atoms with Crippen molar-refractivity contribution in [3.8, 4) is 33.9 Å². The Morgan fingerprint density at radius 1 is 0.429 bits per heavy atom. The highest BCUT2D eigenvalue weighted by molar-refractivity contribution is 5.98. The number of fused-ring (bicyclic) bond motifs is 2. The predicted molar refractivity (Wildman–Crippen MR) is 173 cm³/mol. The van der Waals surface area contributed by atoms with Crippen LogP contribution in [0.1, 0.15) is 11.1 Å². The van der Waals surface area contributed by atoms with Gasteiger partial charge in [0.05, 0.1) is 22.4 Å². The van der Waals surface area contributed by atoms with Gasteiger partial charge in [0.1, 0.15) is 0 Å². The van der Waals surface area contributed by atoms with Gasteiger partial charge in [0.2, 0.25) is 0 Å². The lowest BCUT2D eigenvalue weighted by Gasteiger charge is -2.21. The molecule has 0 unspecified atom stereocenters.